The van der Waals surface area contributed by atoms with Crippen LogP contribution in [0.3, 0.4) is 0 Å². The molecule has 1 aromatic heterocycles. The molecule has 2 heterocycles. The van der Waals surface area contributed by atoms with Gasteiger partial charge >= 0.3 is 0 Å². The van der Waals surface area contributed by atoms with Crippen molar-refractivity contribution in [2.75, 3.05) is 0 Å². The second-order valence-corrected chi connectivity index (χ2v) is 8.92. The smallest absolute Gasteiger partial charge is 0.270 e. The number of nitrogens with zero attached hydrogens (tertiary/aromatic N) is 3. The predicted octanol–water partition coefficient (Wildman–Crippen LogP) is 3.90. The number of carbonyl (C=O) groups excluding carboxylic acids is 2. The van der Waals surface area contributed by atoms with Crippen LogP contribution >= 0.6 is 11.6 Å². The number of furan rings is 1. The molecular weight excluding hydrogens is 422 g/mol. The van der Waals surface area contributed by atoms with E-state index in [0.717, 1.165) is 11.4 Å². The first-order valence-electron chi connectivity index (χ1n) is 10.1. The van der Waals surface area contributed by atoms with Gasteiger partial charge in [0.2, 0.25) is 0 Å². The van der Waals surface area contributed by atoms with E-state index in [0.29, 0.717) is 33.9 Å². The maximum absolute atomic E-state index is 12.9. The summed E-state index contributed by atoms with van der Waals surface area (Å²) in [5.74, 6) is 0.869. The summed E-state index contributed by atoms with van der Waals surface area (Å²) in [6.07, 6.45) is 6.65. The normalized spacial score (nSPS) is 32.6. The Hall–Kier alpha value is -3.26. The first-order chi connectivity index (χ1) is 14.9. The Bertz CT molecular complexity index is 1180. The van der Waals surface area contributed by atoms with Gasteiger partial charge in [0.15, 0.2) is 0 Å². The molecule has 0 N–H and O–H groups in total. The second-order valence-electron chi connectivity index (χ2n) is 8.51. The largest absolute Gasteiger partial charge is 0.455 e. The van der Waals surface area contributed by atoms with Crippen molar-refractivity contribution in [1.82, 2.24) is 5.01 Å². The lowest BCUT2D eigenvalue weighted by Gasteiger charge is -2.37. The van der Waals surface area contributed by atoms with Crippen molar-refractivity contribution in [1.29, 1.82) is 0 Å². The number of hydrogen-bond donors (Lipinski definition) is 0. The molecule has 8 nitrogen and oxygen atoms in total. The first kappa shape index (κ1) is 18.5. The van der Waals surface area contributed by atoms with Gasteiger partial charge in [-0.15, -0.1) is 0 Å². The highest BCUT2D eigenvalue weighted by molar-refractivity contribution is 6.33. The topological polar surface area (TPSA) is 106 Å². The monoisotopic (exact) mass is 437 g/mol. The molecule has 5 aliphatic rings. The Morgan fingerprint density at radius 1 is 1.10 bits per heavy atom. The number of halogens is 1. The maximum Gasteiger partial charge on any atom is 0.270 e. The number of hydrazone groups is 1. The Balaban J connectivity index is 1.25. The van der Waals surface area contributed by atoms with Gasteiger partial charge in [0.05, 0.1) is 28.0 Å². The lowest BCUT2D eigenvalue weighted by atomic mass is 9.63. The van der Waals surface area contributed by atoms with Crippen LogP contribution in [0.5, 0.6) is 0 Å². The summed E-state index contributed by atoms with van der Waals surface area (Å²) < 4.78 is 5.69. The molecule has 31 heavy (non-hydrogen) atoms. The van der Waals surface area contributed by atoms with Crippen LogP contribution in [0.1, 0.15) is 12.2 Å². The summed E-state index contributed by atoms with van der Waals surface area (Å²) in [5.41, 5.74) is 0.264. The number of nitro benzene ring substituents is 1. The summed E-state index contributed by atoms with van der Waals surface area (Å²) in [7, 11) is 0. The molecule has 1 aliphatic heterocycles. The van der Waals surface area contributed by atoms with Gasteiger partial charge in [0.1, 0.15) is 11.5 Å². The zero-order valence-electron chi connectivity index (χ0n) is 16.1. The minimum atomic E-state index is -0.513. The number of imide groups is 1. The predicted molar refractivity (Wildman–Crippen MR) is 110 cm³/mol. The van der Waals surface area contributed by atoms with Crippen molar-refractivity contribution in [3.63, 3.8) is 0 Å². The van der Waals surface area contributed by atoms with E-state index < -0.39 is 4.92 Å². The summed E-state index contributed by atoms with van der Waals surface area (Å²) in [5, 5.41) is 16.5. The quantitative estimate of drug-likeness (QED) is 0.237. The third-order valence-corrected chi connectivity index (χ3v) is 7.32. The second kappa shape index (κ2) is 6.37. The standard InChI is InChI=1S/C22H16ClN3O5/c23-17-5-1-10(26(29)30)7-16(17)18-6-2-11(31-18)9-24-25-21(27)19-12-3-4-13(15-8-14(12)15)20(19)22(25)28/h1-7,9,12-15,19-20H,8H2/b24-9-/t12-,13+,14+,15-,19-,20+. The Labute approximate surface area is 181 Å². The fourth-order valence-corrected chi connectivity index (χ4v) is 5.76. The molecular formula is C22H16ClN3O5. The van der Waals surface area contributed by atoms with Gasteiger partial charge in [0.25, 0.3) is 17.5 Å². The molecule has 156 valence electrons. The van der Waals surface area contributed by atoms with Gasteiger partial charge in [-0.25, -0.2) is 0 Å². The van der Waals surface area contributed by atoms with Gasteiger partial charge in [0, 0.05) is 17.7 Å². The van der Waals surface area contributed by atoms with Crippen LogP contribution < -0.4 is 0 Å². The summed E-state index contributed by atoms with van der Waals surface area (Å²) in [6.45, 7) is 0. The van der Waals surface area contributed by atoms with Crippen molar-refractivity contribution in [3.05, 3.63) is 63.4 Å². The number of hydrogen-bond acceptors (Lipinski definition) is 6. The number of amides is 2. The average Bonchev–Trinajstić information content (AvgIpc) is 3.40. The van der Waals surface area contributed by atoms with Crippen LogP contribution in [0.2, 0.25) is 5.02 Å². The number of allylic oxidation sites excluding steroid dienone is 2. The Kier molecular flexibility index (Phi) is 3.80. The summed E-state index contributed by atoms with van der Waals surface area (Å²) in [6, 6.07) is 7.28. The Morgan fingerprint density at radius 2 is 1.77 bits per heavy atom. The molecule has 1 aromatic carbocycles. The van der Waals surface area contributed by atoms with Crippen molar-refractivity contribution < 1.29 is 18.9 Å². The van der Waals surface area contributed by atoms with Crippen LogP contribution in [-0.4, -0.2) is 28.0 Å². The molecule has 7 rings (SSSR count). The van der Waals surface area contributed by atoms with Crippen LogP contribution in [0.15, 0.2) is 52.0 Å². The van der Waals surface area contributed by atoms with Crippen molar-refractivity contribution in [2.45, 2.75) is 6.42 Å². The fraction of sp³-hybridized carbons (Fsp3) is 0.318. The molecule has 2 aromatic rings. The number of rotatable bonds is 4. The van der Waals surface area contributed by atoms with Crippen LogP contribution in [0, 0.1) is 45.6 Å². The highest BCUT2D eigenvalue weighted by Gasteiger charge is 2.67. The van der Waals surface area contributed by atoms with E-state index in [4.69, 9.17) is 16.0 Å². The van der Waals surface area contributed by atoms with E-state index in [1.165, 1.54) is 24.4 Å². The van der Waals surface area contributed by atoms with Gasteiger partial charge in [-0.05, 0) is 48.3 Å². The third kappa shape index (κ3) is 2.64. The number of benzene rings is 1. The highest BCUT2D eigenvalue weighted by Crippen LogP contribution is 2.65. The molecule has 2 amide bonds. The molecule has 6 atom stereocenters. The van der Waals surface area contributed by atoms with E-state index in [1.54, 1.807) is 12.1 Å². The average molecular weight is 438 g/mol. The van der Waals surface area contributed by atoms with Crippen LogP contribution in [0.4, 0.5) is 5.69 Å². The van der Waals surface area contributed by atoms with E-state index in [9.17, 15) is 19.7 Å². The molecule has 2 saturated carbocycles. The van der Waals surface area contributed by atoms with Gasteiger partial charge in [-0.1, -0.05) is 23.8 Å². The zero-order valence-corrected chi connectivity index (χ0v) is 16.8. The molecule has 1 saturated heterocycles. The van der Waals surface area contributed by atoms with E-state index in [1.807, 2.05) is 0 Å². The van der Waals surface area contributed by atoms with Crippen molar-refractivity contribution >= 4 is 35.3 Å². The number of non-ortho nitro benzene ring substituents is 1. The molecule has 9 heteroatoms. The van der Waals surface area contributed by atoms with Crippen LogP contribution in [-0.2, 0) is 9.59 Å². The minimum Gasteiger partial charge on any atom is -0.455 e. The van der Waals surface area contributed by atoms with Gasteiger partial charge in [-0.3, -0.25) is 19.7 Å². The van der Waals surface area contributed by atoms with Gasteiger partial charge in [-0.2, -0.15) is 10.1 Å². The van der Waals surface area contributed by atoms with Crippen molar-refractivity contribution in [2.24, 2.45) is 40.6 Å². The molecule has 4 aliphatic carbocycles. The lowest BCUT2D eigenvalue weighted by molar-refractivity contribution is -0.384. The Morgan fingerprint density at radius 3 is 2.42 bits per heavy atom. The van der Waals surface area contributed by atoms with Crippen molar-refractivity contribution in [3.8, 4) is 11.3 Å². The first-order valence-corrected chi connectivity index (χ1v) is 10.5. The molecule has 0 unspecified atom stereocenters. The summed E-state index contributed by atoms with van der Waals surface area (Å²) >= 11 is 6.16. The zero-order chi connectivity index (χ0) is 21.4. The number of nitro groups is 1. The van der Waals surface area contributed by atoms with E-state index in [-0.39, 0.29) is 41.2 Å². The van der Waals surface area contributed by atoms with Crippen LogP contribution in [0.25, 0.3) is 11.3 Å². The fourth-order valence-electron chi connectivity index (χ4n) is 5.55. The van der Waals surface area contributed by atoms with E-state index >= 15 is 0 Å². The molecule has 0 spiro atoms. The maximum atomic E-state index is 12.9. The number of carbonyl (C=O) groups is 2. The third-order valence-electron chi connectivity index (χ3n) is 6.99. The SMILES string of the molecule is O=C1[C@@H]2[C@@H]3C=C[C@@H]([C@H]4C[C@@H]34)[C@@H]2C(=O)N1/N=C\c1ccc(-c2cc([N+](=O)[O-])ccc2Cl)o1. The molecule has 3 fully saturated rings. The van der Waals surface area contributed by atoms with E-state index in [2.05, 4.69) is 17.3 Å². The lowest BCUT2D eigenvalue weighted by Crippen LogP contribution is -2.40. The molecule has 2 bridgehead atoms. The minimum absolute atomic E-state index is 0.108. The molecule has 0 radical (unpaired) electrons. The summed E-state index contributed by atoms with van der Waals surface area (Å²) in [4.78, 5) is 36.4. The van der Waals surface area contributed by atoms with Gasteiger partial charge < -0.3 is 4.42 Å². The highest BCUT2D eigenvalue weighted by atomic mass is 35.5.